The summed E-state index contributed by atoms with van der Waals surface area (Å²) in [5.74, 6) is 0. The van der Waals surface area contributed by atoms with E-state index in [0.717, 1.165) is 101 Å². The average Bonchev–Trinajstić information content (AvgIpc) is 0.885. The topological polar surface area (TPSA) is 129 Å². The summed E-state index contributed by atoms with van der Waals surface area (Å²) >= 11 is 0. The van der Waals surface area contributed by atoms with E-state index in [-0.39, 0.29) is 496 Å². The minimum atomic E-state index is -1.94. The molecule has 0 radical (unpaired) electrons. The molecular formula is C99H227Br4Cl4I3Mg11O14Si11. The SMILES string of the molecule is C=C[Si](C)(CC[CH2-])OC(C)C.C=C[Si](C)(CC[CH2-])OC(C)C.[Br-].[Br-].[Br-].[Br-].[CH2-]CC[SiH](CC)OC(C)(C)C.[CH2-]CC[SiH](CC)OC(C)(C)C.[CH2-]CC[SiH](CC)OC(C)(C)C.[CH2-]CC[SiH](CC)OC(C)C.[CH2-]CC[SiH](CC)OC(C)C.[CH2-]CC[SiH](CC)OC(C)C.[CH2-]CC[Si](C)(OC(C)C)OC(C)C.[CH2-]CC[Si](C)(OC(C)C)OC(C)C.[CH2-]CC[Si](C)(OC(C)C)OC(C)C.[Cl-].[Cl-].[Cl-].[Cl-].[I-].[I-].[I-].[Mg+2].[Mg+2].[Mg+2].[Mg+2].[Mg+2].[Mg+2].[Mg+2].[Mg+2].[Mg+2].[Mg+2].[Mg+2]. The number of hydrogen-bond acceptors (Lipinski definition) is 14. The third-order valence-electron chi connectivity index (χ3n) is 16.9. The molecule has 0 heterocycles. The Bertz CT molecular complexity index is 2050. The van der Waals surface area contributed by atoms with Crippen LogP contribution < -0.4 is 189 Å². The molecule has 8 unspecified atom stereocenters. The fraction of sp³-hybridized carbons (Fsp3) is 0.848. The van der Waals surface area contributed by atoms with Crippen molar-refractivity contribution in [3.05, 3.63) is 101 Å². The second kappa shape index (κ2) is 162. The van der Waals surface area contributed by atoms with Gasteiger partial charge in [0.15, 0.2) is 54.2 Å². The Morgan fingerprint density at radius 2 is 0.349 bits per heavy atom. The Labute approximate surface area is 1230 Å². The van der Waals surface area contributed by atoms with Gasteiger partial charge in [-0.15, -0.1) is 13.2 Å². The van der Waals surface area contributed by atoms with Crippen LogP contribution in [0.1, 0.15) is 327 Å². The van der Waals surface area contributed by atoms with E-state index in [1.54, 1.807) is 0 Å². The quantitative estimate of drug-likeness (QED) is 0.0326. The Kier molecular flexibility index (Phi) is 279. The van der Waals surface area contributed by atoms with Crippen molar-refractivity contribution < 1.29 is 251 Å². The first kappa shape index (κ1) is 252. The molecule has 850 valence electrons. The van der Waals surface area contributed by atoms with Crippen LogP contribution in [0.2, 0.25) is 135 Å². The molecule has 0 fully saturated rings. The van der Waals surface area contributed by atoms with Gasteiger partial charge in [0.1, 0.15) is 0 Å². The van der Waals surface area contributed by atoms with Gasteiger partial charge in [-0.25, -0.2) is 0 Å². The van der Waals surface area contributed by atoms with Crippen LogP contribution >= 0.6 is 0 Å². The van der Waals surface area contributed by atoms with E-state index in [1.165, 1.54) is 72.5 Å². The summed E-state index contributed by atoms with van der Waals surface area (Å²) in [6, 6.07) is 19.8. The van der Waals surface area contributed by atoms with Gasteiger partial charge in [-0.1, -0.05) is 101 Å². The summed E-state index contributed by atoms with van der Waals surface area (Å²) in [6.07, 6.45) is 14.2. The largest absolute Gasteiger partial charge is 2.00 e. The van der Waals surface area contributed by atoms with Gasteiger partial charge in [0.05, 0.1) is 0 Å². The monoisotopic (exact) mass is 3050 g/mol. The molecule has 0 bridgehead atoms. The minimum absolute atomic E-state index is 0. The van der Waals surface area contributed by atoms with Crippen LogP contribution in [0, 0.1) is 76.2 Å². The van der Waals surface area contributed by atoms with Crippen LogP contribution in [0.5, 0.6) is 0 Å². The standard InChI is InChI=1S/3C10H23O2Si.2C9H19OSi.3C9H21OSi.3C8H19OSi.4BrH.4ClH.3HI.11Mg/c3*1-7-8-13(6,11-9(2)3)12-10(4)5;2*1-6-8-11(5,7-2)10-9(3)4;3*1-6-8-11(7-2)10-9(3,4)5;3*1-5-7-10(6-2)9-8(3)4;;;;;;;;;;;;;;;;;;;;;;/h3*9-10H,1,7-8H2,2-6H3;2*7,9H,1-2,6,8H2,3-5H3;3*11H,1,6-8H2,2-5H3;3*8,10H,1,5-7H2,2-4H3;11*1H;;;;;;;;;;;/q11*-1;;;;;;;;;;;;11*+2/p-11. The van der Waals surface area contributed by atoms with Crippen molar-refractivity contribution >= 4 is 350 Å². The third-order valence-corrected chi connectivity index (χ3v) is 50.6. The molecule has 8 atom stereocenters. The maximum atomic E-state index is 5.93. The van der Waals surface area contributed by atoms with Crippen LogP contribution in [0.15, 0.2) is 24.6 Å². The van der Waals surface area contributed by atoms with Crippen LogP contribution in [-0.4, -0.2) is 434 Å². The second-order valence-electron chi connectivity index (χ2n) is 39.1. The summed E-state index contributed by atoms with van der Waals surface area (Å²) in [5.41, 5.74) is 4.17. The number of rotatable bonds is 55. The Balaban J connectivity index is -0.0000000306. The van der Waals surface area contributed by atoms with Crippen molar-refractivity contribution in [3.8, 4) is 0 Å². The average molecular weight is 3060 g/mol. The minimum Gasteiger partial charge on any atom is -1.00 e. The van der Waals surface area contributed by atoms with Crippen molar-refractivity contribution in [1.82, 2.24) is 0 Å². The zero-order valence-electron chi connectivity index (χ0n) is 104. The molecule has 0 saturated heterocycles. The van der Waals surface area contributed by atoms with E-state index in [1.807, 2.05) is 11.4 Å². The predicted molar refractivity (Wildman–Crippen MR) is 651 cm³/mol. The van der Waals surface area contributed by atoms with Gasteiger partial charge in [-0.3, -0.25) is 0 Å². The van der Waals surface area contributed by atoms with Gasteiger partial charge in [-0.2, -0.15) is 70.6 Å². The van der Waals surface area contributed by atoms with Crippen molar-refractivity contribution in [2.24, 2.45) is 0 Å². The summed E-state index contributed by atoms with van der Waals surface area (Å²) in [6.45, 7) is 139. The van der Waals surface area contributed by atoms with E-state index in [4.69, 9.17) is 62.0 Å². The molecule has 0 spiro atoms. The first-order valence-electron chi connectivity index (χ1n) is 49.3. The van der Waals surface area contributed by atoms with E-state index < -0.39 is 96.6 Å². The fourth-order valence-corrected chi connectivity index (χ4v) is 38.3. The molecule has 0 aromatic heterocycles. The van der Waals surface area contributed by atoms with Gasteiger partial charge < -0.3 is 328 Å². The molecular weight excluding hydrogens is 2830 g/mol. The van der Waals surface area contributed by atoms with Crippen molar-refractivity contribution in [3.63, 3.8) is 0 Å². The molecule has 0 aromatic rings. The molecule has 0 amide bonds. The fourth-order valence-electron chi connectivity index (χ4n) is 12.8. The molecule has 146 heavy (non-hydrogen) atoms. The van der Waals surface area contributed by atoms with Crippen molar-refractivity contribution in [2.75, 3.05) is 0 Å². The van der Waals surface area contributed by atoms with Gasteiger partial charge in [0.2, 0.25) is 16.6 Å². The summed E-state index contributed by atoms with van der Waals surface area (Å²) in [4.78, 5) is 0. The number of halogens is 11. The zero-order valence-corrected chi connectivity index (χ0v) is 147. The Hall–Kier alpha value is 15.0. The van der Waals surface area contributed by atoms with Crippen LogP contribution in [0.4, 0.5) is 0 Å². The van der Waals surface area contributed by atoms with Gasteiger partial charge in [0, 0.05) is 83.9 Å². The molecule has 0 saturated carbocycles. The molecule has 47 heteroatoms. The molecule has 0 aliphatic heterocycles. The predicted octanol–water partition coefficient (Wildman–Crippen LogP) is -6.43. The maximum Gasteiger partial charge on any atom is 2.00 e. The van der Waals surface area contributed by atoms with Crippen LogP contribution in [0.25, 0.3) is 0 Å². The van der Waals surface area contributed by atoms with Crippen LogP contribution in [0.3, 0.4) is 0 Å². The van der Waals surface area contributed by atoms with E-state index >= 15 is 0 Å². The maximum absolute atomic E-state index is 5.93. The van der Waals surface area contributed by atoms with E-state index in [9.17, 15) is 0 Å². The third kappa shape index (κ3) is 208. The van der Waals surface area contributed by atoms with Gasteiger partial charge >= 0.3 is 279 Å². The Morgan fingerprint density at radius 3 is 0.432 bits per heavy atom. The van der Waals surface area contributed by atoms with Gasteiger partial charge in [0.25, 0.3) is 0 Å². The first-order chi connectivity index (χ1) is 56.8. The normalized spacial score (nSPS) is 12.2. The molecule has 0 aliphatic rings. The zero-order chi connectivity index (χ0) is 99.9. The van der Waals surface area contributed by atoms with E-state index in [2.05, 4.69) is 378 Å². The molecule has 0 aromatic carbocycles. The summed E-state index contributed by atoms with van der Waals surface area (Å²) in [7, 11) is -14.2. The van der Waals surface area contributed by atoms with E-state index in [0.29, 0.717) is 30.5 Å². The molecule has 14 nitrogen and oxygen atoms in total. The first-order valence-corrected chi connectivity index (χ1v) is 74.8. The molecule has 0 rings (SSSR count). The van der Waals surface area contributed by atoms with Gasteiger partial charge in [-0.05, 0) is 302 Å². The smallest absolute Gasteiger partial charge is 1.00 e. The summed E-state index contributed by atoms with van der Waals surface area (Å²) < 4.78 is 81.8. The molecule has 0 aliphatic carbocycles. The van der Waals surface area contributed by atoms with Crippen molar-refractivity contribution in [2.45, 2.75) is 546 Å². The molecule has 0 N–H and O–H groups in total. The summed E-state index contributed by atoms with van der Waals surface area (Å²) in [5, 5.41) is 0. The van der Waals surface area contributed by atoms with Crippen molar-refractivity contribution in [1.29, 1.82) is 0 Å². The second-order valence-corrected chi connectivity index (χ2v) is 73.7. The Morgan fingerprint density at radius 1 is 0.226 bits per heavy atom. The van der Waals surface area contributed by atoms with Crippen LogP contribution in [-0.2, 0) is 62.0 Å². The number of hydrogen-bond donors (Lipinski definition) is 0.